The van der Waals surface area contributed by atoms with Crippen LogP contribution in [0, 0.1) is 0 Å². The van der Waals surface area contributed by atoms with E-state index in [1.807, 2.05) is 0 Å². The molecule has 1 atom stereocenters. The molecular formula is C10H8Br3NO3. The van der Waals surface area contributed by atoms with Gasteiger partial charge in [-0.05, 0) is 50.9 Å². The van der Waals surface area contributed by atoms with E-state index in [0.717, 1.165) is 4.47 Å². The number of amides is 1. The number of halogens is 3. The number of nitrogens with one attached hydrogen (secondary N) is 1. The van der Waals surface area contributed by atoms with Gasteiger partial charge in [0, 0.05) is 13.4 Å². The van der Waals surface area contributed by atoms with Gasteiger partial charge in [-0.3, -0.25) is 9.59 Å². The second-order valence-corrected chi connectivity index (χ2v) is 5.85. The highest BCUT2D eigenvalue weighted by Gasteiger charge is 2.18. The Hall–Kier alpha value is -0.400. The number of carboxylic acids is 1. The average Bonchev–Trinajstić information content (AvgIpc) is 2.22. The van der Waals surface area contributed by atoms with Crippen LogP contribution in [-0.2, 0) is 4.79 Å². The van der Waals surface area contributed by atoms with Crippen molar-refractivity contribution in [3.8, 4) is 0 Å². The summed E-state index contributed by atoms with van der Waals surface area (Å²) in [6.45, 7) is 1.40. The van der Waals surface area contributed by atoms with Gasteiger partial charge in [0.05, 0.1) is 5.56 Å². The van der Waals surface area contributed by atoms with Crippen LogP contribution in [0.25, 0.3) is 0 Å². The van der Waals surface area contributed by atoms with E-state index in [1.165, 1.54) is 6.92 Å². The van der Waals surface area contributed by atoms with Crippen LogP contribution < -0.4 is 5.32 Å². The summed E-state index contributed by atoms with van der Waals surface area (Å²) in [4.78, 5) is 22.5. The minimum atomic E-state index is -1.08. The molecule has 0 bridgehead atoms. The van der Waals surface area contributed by atoms with Crippen molar-refractivity contribution < 1.29 is 14.7 Å². The largest absolute Gasteiger partial charge is 0.480 e. The first-order chi connectivity index (χ1) is 7.82. The molecule has 0 spiro atoms. The summed E-state index contributed by atoms with van der Waals surface area (Å²) in [5.74, 6) is -1.53. The van der Waals surface area contributed by atoms with E-state index in [1.54, 1.807) is 12.1 Å². The minimum Gasteiger partial charge on any atom is -0.480 e. The molecule has 0 radical (unpaired) electrons. The topological polar surface area (TPSA) is 66.4 Å². The van der Waals surface area contributed by atoms with Crippen LogP contribution >= 0.6 is 47.8 Å². The highest BCUT2D eigenvalue weighted by molar-refractivity contribution is 9.13. The molecule has 1 amide bonds. The summed E-state index contributed by atoms with van der Waals surface area (Å²) in [7, 11) is 0. The van der Waals surface area contributed by atoms with Gasteiger partial charge in [0.2, 0.25) is 0 Å². The molecule has 7 heteroatoms. The summed E-state index contributed by atoms with van der Waals surface area (Å²) in [6.07, 6.45) is 0. The van der Waals surface area contributed by atoms with Crippen molar-refractivity contribution in [1.82, 2.24) is 5.32 Å². The van der Waals surface area contributed by atoms with Crippen molar-refractivity contribution in [1.29, 1.82) is 0 Å². The highest BCUT2D eigenvalue weighted by atomic mass is 79.9. The van der Waals surface area contributed by atoms with E-state index < -0.39 is 17.9 Å². The van der Waals surface area contributed by atoms with Crippen LogP contribution in [0.5, 0.6) is 0 Å². The third-order valence-corrected chi connectivity index (χ3v) is 4.43. The molecule has 0 aliphatic heterocycles. The fourth-order valence-electron chi connectivity index (χ4n) is 1.06. The van der Waals surface area contributed by atoms with E-state index in [0.29, 0.717) is 14.5 Å². The molecule has 0 saturated heterocycles. The molecule has 0 heterocycles. The molecule has 92 valence electrons. The molecule has 0 aromatic heterocycles. The van der Waals surface area contributed by atoms with Gasteiger partial charge in [-0.15, -0.1) is 0 Å². The summed E-state index contributed by atoms with van der Waals surface area (Å²) in [5, 5.41) is 11.1. The van der Waals surface area contributed by atoms with E-state index in [9.17, 15) is 9.59 Å². The zero-order valence-corrected chi connectivity index (χ0v) is 13.4. The maximum absolute atomic E-state index is 11.8. The van der Waals surface area contributed by atoms with Crippen LogP contribution in [0.2, 0.25) is 0 Å². The van der Waals surface area contributed by atoms with Crippen molar-refractivity contribution in [2.45, 2.75) is 13.0 Å². The van der Waals surface area contributed by atoms with Crippen molar-refractivity contribution in [3.63, 3.8) is 0 Å². The number of hydrogen-bond acceptors (Lipinski definition) is 2. The number of rotatable bonds is 3. The minimum absolute atomic E-state index is 0.361. The van der Waals surface area contributed by atoms with Gasteiger partial charge < -0.3 is 10.4 Å². The second-order valence-electron chi connectivity index (χ2n) is 3.28. The van der Waals surface area contributed by atoms with Gasteiger partial charge in [0.1, 0.15) is 6.04 Å². The van der Waals surface area contributed by atoms with E-state index >= 15 is 0 Å². The third kappa shape index (κ3) is 3.79. The first kappa shape index (κ1) is 14.7. The lowest BCUT2D eigenvalue weighted by Crippen LogP contribution is -2.38. The molecule has 1 rings (SSSR count). The Morgan fingerprint density at radius 3 is 2.41 bits per heavy atom. The Kier molecular flexibility index (Phi) is 5.15. The molecule has 0 fully saturated rings. The smallest absolute Gasteiger partial charge is 0.325 e. The number of carbonyl (C=O) groups excluding carboxylic acids is 1. The summed E-state index contributed by atoms with van der Waals surface area (Å²) < 4.78 is 2.01. The number of hydrogen-bond donors (Lipinski definition) is 2. The monoisotopic (exact) mass is 427 g/mol. The Balaban J connectivity index is 3.01. The molecule has 0 aliphatic rings. The zero-order chi connectivity index (χ0) is 13.2. The van der Waals surface area contributed by atoms with Gasteiger partial charge in [0.15, 0.2) is 0 Å². The van der Waals surface area contributed by atoms with E-state index in [4.69, 9.17) is 5.11 Å². The zero-order valence-electron chi connectivity index (χ0n) is 8.63. The van der Waals surface area contributed by atoms with Gasteiger partial charge in [-0.2, -0.15) is 0 Å². The number of benzene rings is 1. The normalized spacial score (nSPS) is 12.0. The average molecular weight is 430 g/mol. The number of carboxylic acid groups (broad SMARTS) is 1. The summed E-state index contributed by atoms with van der Waals surface area (Å²) in [6, 6.07) is 2.45. The predicted molar refractivity (Wildman–Crippen MR) is 74.1 cm³/mol. The van der Waals surface area contributed by atoms with Crippen molar-refractivity contribution in [2.24, 2.45) is 0 Å². The number of carbonyl (C=O) groups is 2. The van der Waals surface area contributed by atoms with Crippen LogP contribution in [-0.4, -0.2) is 23.0 Å². The predicted octanol–water partition coefficient (Wildman–Crippen LogP) is 3.18. The molecule has 1 aromatic carbocycles. The Labute approximate surface area is 123 Å². The molecule has 4 nitrogen and oxygen atoms in total. The van der Waals surface area contributed by atoms with E-state index in [-0.39, 0.29) is 0 Å². The molecule has 1 aromatic rings. The fourth-order valence-corrected chi connectivity index (χ4v) is 2.69. The van der Waals surface area contributed by atoms with E-state index in [2.05, 4.69) is 53.1 Å². The highest BCUT2D eigenvalue weighted by Crippen LogP contribution is 2.30. The third-order valence-electron chi connectivity index (χ3n) is 1.96. The molecule has 2 N–H and O–H groups in total. The Morgan fingerprint density at radius 2 is 1.88 bits per heavy atom. The molecular weight excluding hydrogens is 422 g/mol. The van der Waals surface area contributed by atoms with Crippen molar-refractivity contribution in [2.75, 3.05) is 0 Å². The maximum Gasteiger partial charge on any atom is 0.325 e. The molecule has 0 saturated carbocycles. The standard InChI is InChI=1S/C10H8Br3NO3/c1-4(10(16)17)14-9(15)6-2-5(11)3-7(12)8(6)13/h2-4H,1H3,(H,14,15)(H,16,17). The maximum atomic E-state index is 11.8. The first-order valence-corrected chi connectivity index (χ1v) is 6.89. The van der Waals surface area contributed by atoms with Crippen molar-refractivity contribution in [3.05, 3.63) is 31.1 Å². The Morgan fingerprint density at radius 1 is 1.29 bits per heavy atom. The van der Waals surface area contributed by atoms with Gasteiger partial charge in [0.25, 0.3) is 5.91 Å². The number of aliphatic carboxylic acids is 1. The van der Waals surface area contributed by atoms with Crippen LogP contribution in [0.3, 0.4) is 0 Å². The van der Waals surface area contributed by atoms with Gasteiger partial charge in [-0.25, -0.2) is 0 Å². The van der Waals surface area contributed by atoms with Crippen LogP contribution in [0.1, 0.15) is 17.3 Å². The summed E-state index contributed by atoms with van der Waals surface area (Å²) >= 11 is 9.82. The quantitative estimate of drug-likeness (QED) is 0.725. The first-order valence-electron chi connectivity index (χ1n) is 4.51. The molecule has 0 aliphatic carbocycles. The lowest BCUT2D eigenvalue weighted by molar-refractivity contribution is -0.138. The van der Waals surface area contributed by atoms with Gasteiger partial charge >= 0.3 is 5.97 Å². The fraction of sp³-hybridized carbons (Fsp3) is 0.200. The second kappa shape index (κ2) is 5.97. The summed E-state index contributed by atoms with van der Waals surface area (Å²) in [5.41, 5.74) is 0.361. The SMILES string of the molecule is CC(NC(=O)c1cc(Br)cc(Br)c1Br)C(=O)O. The van der Waals surface area contributed by atoms with Gasteiger partial charge in [-0.1, -0.05) is 15.9 Å². The molecule has 17 heavy (non-hydrogen) atoms. The Bertz CT molecular complexity index is 476. The lowest BCUT2D eigenvalue weighted by Gasteiger charge is -2.11. The van der Waals surface area contributed by atoms with Crippen molar-refractivity contribution >= 4 is 59.7 Å². The van der Waals surface area contributed by atoms with Crippen LogP contribution in [0.15, 0.2) is 25.6 Å². The molecule has 1 unspecified atom stereocenters. The van der Waals surface area contributed by atoms with Crippen LogP contribution in [0.4, 0.5) is 0 Å². The lowest BCUT2D eigenvalue weighted by atomic mass is 10.2.